The van der Waals surface area contributed by atoms with Gasteiger partial charge in [0.25, 0.3) is 0 Å². The van der Waals surface area contributed by atoms with Gasteiger partial charge >= 0.3 is 8.25 Å². The van der Waals surface area contributed by atoms with Crippen molar-refractivity contribution in [2.24, 2.45) is 5.73 Å². The van der Waals surface area contributed by atoms with Crippen molar-refractivity contribution >= 4 is 8.25 Å². The Morgan fingerprint density at radius 3 is 1.73 bits per heavy atom. The van der Waals surface area contributed by atoms with Crippen LogP contribution >= 0.6 is 8.25 Å². The van der Waals surface area contributed by atoms with Crippen molar-refractivity contribution in [2.75, 3.05) is 0 Å². The van der Waals surface area contributed by atoms with Gasteiger partial charge in [-0.05, 0) is 12.8 Å². The minimum absolute atomic E-state index is 0.536. The topological polar surface area (TPSA) is 83.6 Å². The van der Waals surface area contributed by atoms with Gasteiger partial charge in [-0.25, -0.2) is 0 Å². The van der Waals surface area contributed by atoms with E-state index in [0.717, 1.165) is 0 Å². The van der Waals surface area contributed by atoms with E-state index in [2.05, 4.69) is 0 Å². The maximum absolute atomic E-state index is 8.70. The molecular formula is C6H15NO3P+. The average Bonchev–Trinajstić information content (AvgIpc) is 1.87. The lowest BCUT2D eigenvalue weighted by molar-refractivity contribution is 0.405. The lowest BCUT2D eigenvalue weighted by Crippen LogP contribution is -2.22. The van der Waals surface area contributed by atoms with Crippen LogP contribution in [0.1, 0.15) is 32.1 Å². The SMILES string of the molecule is NC1CCCCC1.O=[P+](O)O. The molecule has 1 aliphatic rings. The minimum atomic E-state index is -2.87. The zero-order chi connectivity index (χ0) is 8.69. The Bertz CT molecular complexity index is 110. The molecule has 0 aromatic rings. The van der Waals surface area contributed by atoms with E-state index in [1.165, 1.54) is 32.1 Å². The summed E-state index contributed by atoms with van der Waals surface area (Å²) in [6.07, 6.45) is 6.66. The number of hydrogen-bond acceptors (Lipinski definition) is 2. The molecule has 0 aromatic carbocycles. The first-order chi connectivity index (χ1) is 5.13. The molecule has 0 saturated heterocycles. The largest absolute Gasteiger partial charge is 0.692 e. The Labute approximate surface area is 67.4 Å². The second-order valence-electron chi connectivity index (χ2n) is 2.65. The van der Waals surface area contributed by atoms with Crippen molar-refractivity contribution in [3.05, 3.63) is 0 Å². The molecule has 5 heteroatoms. The summed E-state index contributed by atoms with van der Waals surface area (Å²) in [6, 6.07) is 0.536. The van der Waals surface area contributed by atoms with Crippen molar-refractivity contribution in [3.8, 4) is 0 Å². The second kappa shape index (κ2) is 6.68. The molecule has 0 atom stereocenters. The Kier molecular flexibility index (Phi) is 6.66. The summed E-state index contributed by atoms with van der Waals surface area (Å²) in [6.45, 7) is 0. The van der Waals surface area contributed by atoms with Crippen LogP contribution in [-0.4, -0.2) is 15.8 Å². The quantitative estimate of drug-likeness (QED) is 0.484. The van der Waals surface area contributed by atoms with Crippen LogP contribution in [0.2, 0.25) is 0 Å². The van der Waals surface area contributed by atoms with Crippen LogP contribution in [0.5, 0.6) is 0 Å². The van der Waals surface area contributed by atoms with Crippen LogP contribution in [0.15, 0.2) is 0 Å². The lowest BCUT2D eigenvalue weighted by atomic mass is 9.97. The Balaban J connectivity index is 0.000000218. The molecule has 66 valence electrons. The van der Waals surface area contributed by atoms with Crippen LogP contribution in [0, 0.1) is 0 Å². The summed E-state index contributed by atoms with van der Waals surface area (Å²) in [5.74, 6) is 0. The van der Waals surface area contributed by atoms with Crippen molar-refractivity contribution in [2.45, 2.75) is 38.1 Å². The van der Waals surface area contributed by atoms with Gasteiger partial charge in [0.15, 0.2) is 0 Å². The Morgan fingerprint density at radius 1 is 1.18 bits per heavy atom. The summed E-state index contributed by atoms with van der Waals surface area (Å²) in [5, 5.41) is 0. The van der Waals surface area contributed by atoms with Gasteiger partial charge in [-0.2, -0.15) is 0 Å². The highest BCUT2D eigenvalue weighted by Gasteiger charge is 2.06. The monoisotopic (exact) mass is 180 g/mol. The fraction of sp³-hybridized carbons (Fsp3) is 1.00. The van der Waals surface area contributed by atoms with E-state index in [-0.39, 0.29) is 0 Å². The molecule has 0 heterocycles. The van der Waals surface area contributed by atoms with Gasteiger partial charge in [-0.15, -0.1) is 9.79 Å². The number of nitrogens with two attached hydrogens (primary N) is 1. The lowest BCUT2D eigenvalue weighted by Gasteiger charge is -2.15. The molecule has 1 fully saturated rings. The molecule has 0 radical (unpaired) electrons. The molecule has 1 saturated carbocycles. The molecule has 0 amide bonds. The molecule has 1 aliphatic carbocycles. The molecule has 4 N–H and O–H groups in total. The molecule has 4 nitrogen and oxygen atoms in total. The number of rotatable bonds is 0. The average molecular weight is 180 g/mol. The highest BCUT2D eigenvalue weighted by atomic mass is 31.1. The van der Waals surface area contributed by atoms with Gasteiger partial charge in [-0.1, -0.05) is 19.3 Å². The van der Waals surface area contributed by atoms with Crippen LogP contribution in [-0.2, 0) is 4.57 Å². The molecule has 0 aromatic heterocycles. The second-order valence-corrected chi connectivity index (χ2v) is 3.16. The fourth-order valence-electron chi connectivity index (χ4n) is 1.13. The zero-order valence-electron chi connectivity index (χ0n) is 6.44. The standard InChI is InChI=1S/C6H13N.HO3P/c7-6-4-2-1-3-5-6;1-4(2)3/h6H,1-5,7H2;(H-,1,2,3)/p+1. The third-order valence-electron chi connectivity index (χ3n) is 1.65. The van der Waals surface area contributed by atoms with E-state index < -0.39 is 8.25 Å². The van der Waals surface area contributed by atoms with Gasteiger partial charge in [0, 0.05) is 10.6 Å². The Morgan fingerprint density at radius 2 is 1.55 bits per heavy atom. The first-order valence-corrected chi connectivity index (χ1v) is 4.90. The predicted molar refractivity (Wildman–Crippen MR) is 43.1 cm³/mol. The maximum Gasteiger partial charge on any atom is 0.692 e. The summed E-state index contributed by atoms with van der Waals surface area (Å²) in [5.41, 5.74) is 5.63. The van der Waals surface area contributed by atoms with Crippen LogP contribution in [0.3, 0.4) is 0 Å². The highest BCUT2D eigenvalue weighted by molar-refractivity contribution is 7.30. The van der Waals surface area contributed by atoms with Gasteiger partial charge in [0.05, 0.1) is 0 Å². The third-order valence-corrected chi connectivity index (χ3v) is 1.65. The van der Waals surface area contributed by atoms with E-state index in [1.807, 2.05) is 0 Å². The maximum atomic E-state index is 8.70. The highest BCUT2D eigenvalue weighted by Crippen LogP contribution is 2.14. The van der Waals surface area contributed by atoms with Crippen LogP contribution in [0.4, 0.5) is 0 Å². The Hall–Kier alpha value is -0.0200. The van der Waals surface area contributed by atoms with Gasteiger partial charge in [0.2, 0.25) is 0 Å². The predicted octanol–water partition coefficient (Wildman–Crippen LogP) is 0.906. The van der Waals surface area contributed by atoms with Gasteiger partial charge in [0.1, 0.15) is 0 Å². The molecule has 11 heavy (non-hydrogen) atoms. The smallest absolute Gasteiger partial charge is 0.328 e. The van der Waals surface area contributed by atoms with Crippen molar-refractivity contribution in [1.29, 1.82) is 0 Å². The van der Waals surface area contributed by atoms with Crippen molar-refractivity contribution < 1.29 is 14.4 Å². The first-order valence-electron chi connectivity index (χ1n) is 3.73. The van der Waals surface area contributed by atoms with Crippen molar-refractivity contribution in [3.63, 3.8) is 0 Å². The van der Waals surface area contributed by atoms with E-state index in [1.54, 1.807) is 0 Å². The molecule has 0 unspecified atom stereocenters. The van der Waals surface area contributed by atoms with E-state index in [0.29, 0.717) is 6.04 Å². The van der Waals surface area contributed by atoms with Crippen LogP contribution in [0.25, 0.3) is 0 Å². The zero-order valence-corrected chi connectivity index (χ0v) is 7.33. The molecule has 0 spiro atoms. The summed E-state index contributed by atoms with van der Waals surface area (Å²) in [7, 11) is -2.87. The van der Waals surface area contributed by atoms with Crippen molar-refractivity contribution in [1.82, 2.24) is 0 Å². The van der Waals surface area contributed by atoms with E-state index in [9.17, 15) is 0 Å². The van der Waals surface area contributed by atoms with Gasteiger partial charge < -0.3 is 5.73 Å². The summed E-state index contributed by atoms with van der Waals surface area (Å²) in [4.78, 5) is 14.2. The fourth-order valence-corrected chi connectivity index (χ4v) is 1.13. The third kappa shape index (κ3) is 9.98. The van der Waals surface area contributed by atoms with Gasteiger partial charge in [-0.3, -0.25) is 0 Å². The normalized spacial score (nSPS) is 18.5. The summed E-state index contributed by atoms with van der Waals surface area (Å²) < 4.78 is 8.70. The first kappa shape index (κ1) is 11.0. The number of hydrogen-bond donors (Lipinski definition) is 3. The minimum Gasteiger partial charge on any atom is -0.328 e. The van der Waals surface area contributed by atoms with E-state index >= 15 is 0 Å². The molecule has 1 rings (SSSR count). The van der Waals surface area contributed by atoms with Crippen LogP contribution < -0.4 is 5.73 Å². The molecule has 0 bridgehead atoms. The molecular weight excluding hydrogens is 165 g/mol. The van der Waals surface area contributed by atoms with E-state index in [4.69, 9.17) is 20.1 Å². The molecule has 0 aliphatic heterocycles. The summed E-state index contributed by atoms with van der Waals surface area (Å²) >= 11 is 0.